The van der Waals surface area contributed by atoms with Crippen molar-refractivity contribution in [1.82, 2.24) is 20.1 Å². The van der Waals surface area contributed by atoms with Gasteiger partial charge in [0, 0.05) is 29.5 Å². The molecule has 0 aliphatic heterocycles. The highest BCUT2D eigenvalue weighted by atomic mass is 32.2. The number of thioether (sulfide) groups is 1. The van der Waals surface area contributed by atoms with E-state index in [1.54, 1.807) is 6.33 Å². The summed E-state index contributed by atoms with van der Waals surface area (Å²) in [5.74, 6) is 2.79. The minimum Gasteiger partial charge on any atom is -0.313 e. The van der Waals surface area contributed by atoms with Gasteiger partial charge in [-0.15, -0.1) is 0 Å². The van der Waals surface area contributed by atoms with Crippen molar-refractivity contribution in [2.75, 3.05) is 12.3 Å². The zero-order chi connectivity index (χ0) is 15.2. The van der Waals surface area contributed by atoms with E-state index in [-0.39, 0.29) is 0 Å². The van der Waals surface area contributed by atoms with E-state index in [9.17, 15) is 0 Å². The van der Waals surface area contributed by atoms with Crippen LogP contribution in [-0.2, 0) is 13.0 Å². The van der Waals surface area contributed by atoms with E-state index in [1.807, 2.05) is 11.8 Å². The molecule has 116 valence electrons. The van der Waals surface area contributed by atoms with Gasteiger partial charge >= 0.3 is 0 Å². The van der Waals surface area contributed by atoms with Gasteiger partial charge in [-0.1, -0.05) is 41.5 Å². The molecule has 0 amide bonds. The SMILES string of the molecule is CCNC(CSC(C)(C)C)Cc1ncnn1CC(C)C. The number of aromatic nitrogens is 3. The summed E-state index contributed by atoms with van der Waals surface area (Å²) in [6.07, 6.45) is 2.63. The second-order valence-corrected chi connectivity index (χ2v) is 8.48. The zero-order valence-corrected chi connectivity index (χ0v) is 14.6. The Kier molecular flexibility index (Phi) is 7.03. The predicted octanol–water partition coefficient (Wildman–Crippen LogP) is 2.99. The van der Waals surface area contributed by atoms with Gasteiger partial charge in [-0.05, 0) is 12.5 Å². The molecule has 0 saturated heterocycles. The van der Waals surface area contributed by atoms with Gasteiger partial charge in [0.1, 0.15) is 12.2 Å². The normalized spacial score (nSPS) is 13.9. The number of nitrogens with zero attached hydrogens (tertiary/aromatic N) is 3. The summed E-state index contributed by atoms with van der Waals surface area (Å²) < 4.78 is 2.36. The van der Waals surface area contributed by atoms with Crippen molar-refractivity contribution >= 4 is 11.8 Å². The summed E-state index contributed by atoms with van der Waals surface area (Å²) in [6, 6.07) is 0.458. The topological polar surface area (TPSA) is 42.7 Å². The molecule has 4 nitrogen and oxygen atoms in total. The first-order valence-electron chi connectivity index (χ1n) is 7.55. The Hall–Kier alpha value is -0.550. The Labute approximate surface area is 128 Å². The molecule has 1 unspecified atom stereocenters. The van der Waals surface area contributed by atoms with Crippen molar-refractivity contribution in [3.8, 4) is 0 Å². The Morgan fingerprint density at radius 3 is 2.60 bits per heavy atom. The van der Waals surface area contributed by atoms with Crippen LogP contribution in [0.3, 0.4) is 0 Å². The van der Waals surface area contributed by atoms with E-state index >= 15 is 0 Å². The monoisotopic (exact) mass is 298 g/mol. The van der Waals surface area contributed by atoms with Crippen LogP contribution in [0.2, 0.25) is 0 Å². The fourth-order valence-electron chi connectivity index (χ4n) is 1.99. The first-order valence-corrected chi connectivity index (χ1v) is 8.54. The summed E-state index contributed by atoms with van der Waals surface area (Å²) in [5, 5.41) is 7.92. The molecule has 1 heterocycles. The summed E-state index contributed by atoms with van der Waals surface area (Å²) in [4.78, 5) is 4.44. The summed E-state index contributed by atoms with van der Waals surface area (Å²) in [5.41, 5.74) is 0. The molecule has 0 bridgehead atoms. The van der Waals surface area contributed by atoms with E-state index in [1.165, 1.54) is 0 Å². The first-order chi connectivity index (χ1) is 9.31. The minimum atomic E-state index is 0.305. The highest BCUT2D eigenvalue weighted by Crippen LogP contribution is 2.24. The van der Waals surface area contributed by atoms with Crippen LogP contribution in [0, 0.1) is 5.92 Å². The van der Waals surface area contributed by atoms with Crippen LogP contribution in [0.1, 0.15) is 47.4 Å². The molecule has 1 atom stereocenters. The second kappa shape index (κ2) is 8.03. The number of hydrogen-bond donors (Lipinski definition) is 1. The van der Waals surface area contributed by atoms with Gasteiger partial charge in [-0.3, -0.25) is 0 Å². The second-order valence-electron chi connectivity index (χ2n) is 6.63. The van der Waals surface area contributed by atoms with Crippen molar-refractivity contribution in [1.29, 1.82) is 0 Å². The van der Waals surface area contributed by atoms with E-state index in [4.69, 9.17) is 0 Å². The van der Waals surface area contributed by atoms with Crippen LogP contribution < -0.4 is 5.32 Å². The van der Waals surface area contributed by atoms with Gasteiger partial charge in [0.05, 0.1) is 0 Å². The van der Waals surface area contributed by atoms with Gasteiger partial charge in [-0.2, -0.15) is 16.9 Å². The number of nitrogens with one attached hydrogen (secondary N) is 1. The van der Waals surface area contributed by atoms with Crippen LogP contribution in [-0.4, -0.2) is 37.9 Å². The zero-order valence-electron chi connectivity index (χ0n) is 13.8. The molecule has 0 radical (unpaired) electrons. The Morgan fingerprint density at radius 1 is 1.35 bits per heavy atom. The molecular weight excluding hydrogens is 268 g/mol. The van der Waals surface area contributed by atoms with Crippen molar-refractivity contribution in [3.05, 3.63) is 12.2 Å². The molecule has 20 heavy (non-hydrogen) atoms. The van der Waals surface area contributed by atoms with Crippen LogP contribution in [0.5, 0.6) is 0 Å². The number of hydrogen-bond acceptors (Lipinski definition) is 4. The summed E-state index contributed by atoms with van der Waals surface area (Å²) in [6.45, 7) is 15.3. The van der Waals surface area contributed by atoms with E-state index in [2.05, 4.69) is 61.6 Å². The third-order valence-electron chi connectivity index (χ3n) is 2.87. The van der Waals surface area contributed by atoms with Gasteiger partial charge in [0.2, 0.25) is 0 Å². The molecule has 5 heteroatoms. The van der Waals surface area contributed by atoms with Crippen molar-refractivity contribution in [3.63, 3.8) is 0 Å². The molecule has 1 aromatic rings. The van der Waals surface area contributed by atoms with E-state index in [0.29, 0.717) is 16.7 Å². The van der Waals surface area contributed by atoms with Crippen LogP contribution >= 0.6 is 11.8 Å². The molecule has 0 saturated carbocycles. The molecule has 0 aliphatic carbocycles. The maximum atomic E-state index is 4.44. The maximum Gasteiger partial charge on any atom is 0.138 e. The standard InChI is InChI=1S/C15H30N4S/c1-7-16-13(10-20-15(4,5)6)8-14-17-11-18-19(14)9-12(2)3/h11-13,16H,7-10H2,1-6H3. The van der Waals surface area contributed by atoms with Crippen molar-refractivity contribution in [2.24, 2.45) is 5.92 Å². The van der Waals surface area contributed by atoms with Crippen LogP contribution in [0.4, 0.5) is 0 Å². The largest absolute Gasteiger partial charge is 0.313 e. The summed E-state index contributed by atoms with van der Waals surface area (Å²) >= 11 is 2.00. The molecule has 1 N–H and O–H groups in total. The lowest BCUT2D eigenvalue weighted by Crippen LogP contribution is -2.35. The van der Waals surface area contributed by atoms with Gasteiger partial charge in [-0.25, -0.2) is 9.67 Å². The average molecular weight is 298 g/mol. The fraction of sp³-hybridized carbons (Fsp3) is 0.867. The Bertz CT molecular complexity index is 381. The lowest BCUT2D eigenvalue weighted by molar-refractivity contribution is 0.451. The smallest absolute Gasteiger partial charge is 0.138 e. The number of likely N-dealkylation sites (N-methyl/N-ethyl adjacent to an activating group) is 1. The minimum absolute atomic E-state index is 0.305. The van der Waals surface area contributed by atoms with Gasteiger partial charge in [0.25, 0.3) is 0 Å². The fourth-order valence-corrected chi connectivity index (χ4v) is 2.93. The third kappa shape index (κ3) is 6.75. The number of rotatable bonds is 8. The molecular formula is C15H30N4S. The Morgan fingerprint density at radius 2 is 2.05 bits per heavy atom. The molecule has 0 spiro atoms. The maximum absolute atomic E-state index is 4.44. The molecule has 1 rings (SSSR count). The highest BCUT2D eigenvalue weighted by molar-refractivity contribution is 8.00. The first kappa shape index (κ1) is 17.5. The highest BCUT2D eigenvalue weighted by Gasteiger charge is 2.18. The Balaban J connectivity index is 2.63. The van der Waals surface area contributed by atoms with Gasteiger partial charge in [0.15, 0.2) is 0 Å². The van der Waals surface area contributed by atoms with Crippen LogP contribution in [0.15, 0.2) is 6.33 Å². The van der Waals surface area contributed by atoms with Crippen molar-refractivity contribution < 1.29 is 0 Å². The van der Waals surface area contributed by atoms with Crippen molar-refractivity contribution in [2.45, 2.75) is 65.3 Å². The van der Waals surface area contributed by atoms with E-state index < -0.39 is 0 Å². The summed E-state index contributed by atoms with van der Waals surface area (Å²) in [7, 11) is 0. The molecule has 0 fully saturated rings. The quantitative estimate of drug-likeness (QED) is 0.801. The van der Waals surface area contributed by atoms with Crippen LogP contribution in [0.25, 0.3) is 0 Å². The molecule has 0 aromatic carbocycles. The predicted molar refractivity (Wildman–Crippen MR) is 88.2 cm³/mol. The lowest BCUT2D eigenvalue weighted by atomic mass is 10.2. The lowest BCUT2D eigenvalue weighted by Gasteiger charge is -2.23. The third-order valence-corrected chi connectivity index (χ3v) is 4.31. The van der Waals surface area contributed by atoms with Gasteiger partial charge < -0.3 is 5.32 Å². The average Bonchev–Trinajstić information content (AvgIpc) is 2.72. The molecule has 0 aliphatic rings. The van der Waals surface area contributed by atoms with E-state index in [0.717, 1.165) is 31.1 Å². The molecule has 1 aromatic heterocycles.